The van der Waals surface area contributed by atoms with E-state index in [4.69, 9.17) is 0 Å². The van der Waals surface area contributed by atoms with E-state index in [-0.39, 0.29) is 11.4 Å². The smallest absolute Gasteiger partial charge is 0.200 e. The predicted octanol–water partition coefficient (Wildman–Crippen LogP) is 6.03. The monoisotopic (exact) mass is 477 g/mol. The molecule has 0 saturated carbocycles. The molecule has 5 rings (SSSR count). The Morgan fingerprint density at radius 3 is 1.43 bits per heavy atom. The Bertz CT molecular complexity index is 1440. The molecule has 0 fully saturated rings. The molecule has 0 bridgehead atoms. The third-order valence-corrected chi connectivity index (χ3v) is 5.09. The zero-order valence-corrected chi connectivity index (χ0v) is 17.6. The Morgan fingerprint density at radius 2 is 0.971 bits per heavy atom. The van der Waals surface area contributed by atoms with Crippen LogP contribution in [-0.4, -0.2) is 24.9 Å². The molecule has 4 aromatic heterocycles. The fourth-order valence-electron chi connectivity index (χ4n) is 3.42. The Labute approximate surface area is 195 Å². The molecule has 0 saturated heterocycles. The molecule has 0 atom stereocenters. The summed E-state index contributed by atoms with van der Waals surface area (Å²) in [4.78, 5) is 21.4. The lowest BCUT2D eigenvalue weighted by Gasteiger charge is -2.10. The largest absolute Gasteiger partial charge is 0.255 e. The number of nitrogens with zero attached hydrogens (tertiary/aromatic N) is 5. The van der Waals surface area contributed by atoms with Gasteiger partial charge in [-0.1, -0.05) is 12.1 Å². The van der Waals surface area contributed by atoms with Crippen LogP contribution in [0.3, 0.4) is 0 Å². The van der Waals surface area contributed by atoms with E-state index in [1.165, 1.54) is 0 Å². The van der Waals surface area contributed by atoms with Crippen molar-refractivity contribution in [2.24, 2.45) is 0 Å². The second-order valence-electron chi connectivity index (χ2n) is 7.30. The van der Waals surface area contributed by atoms with Crippen molar-refractivity contribution in [3.63, 3.8) is 0 Å². The fourth-order valence-corrected chi connectivity index (χ4v) is 3.42. The van der Waals surface area contributed by atoms with E-state index in [1.807, 2.05) is 0 Å². The Kier molecular flexibility index (Phi) is 5.69. The average molecular weight is 477 g/mol. The number of aromatic nitrogens is 5. The summed E-state index contributed by atoms with van der Waals surface area (Å²) in [6, 6.07) is 14.0. The summed E-state index contributed by atoms with van der Waals surface area (Å²) < 4.78 is 69.0. The zero-order valence-electron chi connectivity index (χ0n) is 17.6. The fraction of sp³-hybridized carbons (Fsp3) is 0. The molecule has 0 N–H and O–H groups in total. The van der Waals surface area contributed by atoms with E-state index in [1.54, 1.807) is 60.9 Å². The molecule has 4 heterocycles. The molecule has 5 aromatic rings. The summed E-state index contributed by atoms with van der Waals surface area (Å²) in [5.41, 5.74) is 1.14. The molecule has 0 aliphatic heterocycles. The minimum Gasteiger partial charge on any atom is -0.255 e. The lowest BCUT2D eigenvalue weighted by molar-refractivity contribution is 0.381. The molecule has 35 heavy (non-hydrogen) atoms. The van der Waals surface area contributed by atoms with E-state index in [2.05, 4.69) is 24.9 Å². The summed E-state index contributed by atoms with van der Waals surface area (Å²) in [6.07, 6.45) is 5.20. The van der Waals surface area contributed by atoms with E-state index in [0.29, 0.717) is 28.3 Å². The minimum absolute atomic E-state index is 0.134. The van der Waals surface area contributed by atoms with Gasteiger partial charge in [-0.3, -0.25) is 9.97 Å². The van der Waals surface area contributed by atoms with Gasteiger partial charge >= 0.3 is 0 Å². The topological polar surface area (TPSA) is 64.5 Å². The van der Waals surface area contributed by atoms with Gasteiger partial charge in [0.15, 0.2) is 29.1 Å². The molecule has 0 unspecified atom stereocenters. The molecule has 0 radical (unpaired) electrons. The molecule has 0 aliphatic rings. The van der Waals surface area contributed by atoms with Gasteiger partial charge < -0.3 is 0 Å². The van der Waals surface area contributed by atoms with Gasteiger partial charge in [-0.2, -0.15) is 0 Å². The van der Waals surface area contributed by atoms with Crippen LogP contribution in [0.15, 0.2) is 73.3 Å². The highest BCUT2D eigenvalue weighted by Gasteiger charge is 2.27. The summed E-state index contributed by atoms with van der Waals surface area (Å²) in [7, 11) is 0. The first-order valence-electron chi connectivity index (χ1n) is 10.1. The van der Waals surface area contributed by atoms with Crippen LogP contribution in [-0.2, 0) is 0 Å². The van der Waals surface area contributed by atoms with Gasteiger partial charge in [0.2, 0.25) is 5.82 Å². The van der Waals surface area contributed by atoms with Crippen molar-refractivity contribution < 1.29 is 22.0 Å². The van der Waals surface area contributed by atoms with Crippen LogP contribution in [0.5, 0.6) is 0 Å². The third-order valence-electron chi connectivity index (χ3n) is 5.09. The van der Waals surface area contributed by atoms with Gasteiger partial charge in [0, 0.05) is 35.9 Å². The average Bonchev–Trinajstić information content (AvgIpc) is 2.92. The lowest BCUT2D eigenvalue weighted by atomic mass is 10.1. The summed E-state index contributed by atoms with van der Waals surface area (Å²) in [5, 5.41) is 0. The van der Waals surface area contributed by atoms with Crippen LogP contribution in [0.4, 0.5) is 22.0 Å². The van der Waals surface area contributed by atoms with Crippen LogP contribution >= 0.6 is 0 Å². The van der Waals surface area contributed by atoms with Gasteiger partial charge in [0.05, 0.1) is 28.3 Å². The van der Waals surface area contributed by atoms with Crippen molar-refractivity contribution in [3.05, 3.63) is 102 Å². The molecule has 0 amide bonds. The first kappa shape index (κ1) is 22.2. The first-order valence-corrected chi connectivity index (χ1v) is 10.1. The van der Waals surface area contributed by atoms with E-state index >= 15 is 0 Å². The number of rotatable bonds is 4. The Hall–Kier alpha value is -4.60. The Balaban J connectivity index is 1.62. The zero-order chi connectivity index (χ0) is 24.5. The highest BCUT2D eigenvalue weighted by Crippen LogP contribution is 2.32. The number of hydrogen-bond acceptors (Lipinski definition) is 5. The maximum atomic E-state index is 14.2. The van der Waals surface area contributed by atoms with Crippen molar-refractivity contribution in [1.29, 1.82) is 0 Å². The van der Waals surface area contributed by atoms with E-state index < -0.39 is 34.6 Å². The second kappa shape index (κ2) is 8.98. The maximum absolute atomic E-state index is 14.2. The summed E-state index contributed by atoms with van der Waals surface area (Å²) in [6.45, 7) is 0. The molecule has 1 aromatic carbocycles. The van der Waals surface area contributed by atoms with Crippen LogP contribution in [0.25, 0.3) is 45.3 Å². The van der Waals surface area contributed by atoms with Crippen LogP contribution in [0, 0.1) is 29.1 Å². The van der Waals surface area contributed by atoms with Gasteiger partial charge in [-0.15, -0.1) is 0 Å². The molecular weight excluding hydrogens is 465 g/mol. The maximum Gasteiger partial charge on any atom is 0.200 e. The number of pyridine rings is 3. The van der Waals surface area contributed by atoms with E-state index in [9.17, 15) is 22.0 Å². The van der Waals surface area contributed by atoms with Gasteiger partial charge in [-0.25, -0.2) is 36.9 Å². The van der Waals surface area contributed by atoms with Crippen molar-refractivity contribution >= 4 is 0 Å². The van der Waals surface area contributed by atoms with Crippen molar-refractivity contribution in [1.82, 2.24) is 24.9 Å². The van der Waals surface area contributed by atoms with Crippen molar-refractivity contribution in [2.45, 2.75) is 0 Å². The number of hydrogen-bond donors (Lipinski definition) is 0. The summed E-state index contributed by atoms with van der Waals surface area (Å²) in [5.74, 6) is -10.1. The quantitative estimate of drug-likeness (QED) is 0.180. The highest BCUT2D eigenvalue weighted by molar-refractivity contribution is 5.72. The van der Waals surface area contributed by atoms with Gasteiger partial charge in [0.1, 0.15) is 0 Å². The van der Waals surface area contributed by atoms with Crippen molar-refractivity contribution in [3.8, 4) is 45.3 Å². The van der Waals surface area contributed by atoms with Crippen LogP contribution < -0.4 is 0 Å². The number of halogens is 5. The molecule has 5 nitrogen and oxygen atoms in total. The lowest BCUT2D eigenvalue weighted by Crippen LogP contribution is -2.04. The molecule has 0 spiro atoms. The first-order chi connectivity index (χ1) is 16.9. The van der Waals surface area contributed by atoms with Crippen molar-refractivity contribution in [2.75, 3.05) is 0 Å². The van der Waals surface area contributed by atoms with E-state index in [0.717, 1.165) is 12.4 Å². The van der Waals surface area contributed by atoms with Gasteiger partial charge in [0.25, 0.3) is 0 Å². The molecule has 172 valence electrons. The van der Waals surface area contributed by atoms with Crippen LogP contribution in [0.1, 0.15) is 0 Å². The summed E-state index contributed by atoms with van der Waals surface area (Å²) >= 11 is 0. The Morgan fingerprint density at radius 1 is 0.486 bits per heavy atom. The normalized spacial score (nSPS) is 11.0. The standard InChI is InChI=1S/C25H12F5N5/c26-20-19(21(27)23(29)24(30)22(20)28)14-11-33-25(34-12-14)13-9-17(15-5-1-3-7-31-15)35-18(10-13)16-6-2-4-8-32-16/h1-12H. The predicted molar refractivity (Wildman–Crippen MR) is 117 cm³/mol. The second-order valence-corrected chi connectivity index (χ2v) is 7.30. The molecular formula is C25H12F5N5. The molecule has 0 aliphatic carbocycles. The van der Waals surface area contributed by atoms with Gasteiger partial charge in [-0.05, 0) is 36.4 Å². The number of benzene rings is 1. The SMILES string of the molecule is Fc1c(F)c(F)c(-c2cnc(-c3cc(-c4ccccn4)nc(-c4ccccn4)c3)nc2)c(F)c1F. The highest BCUT2D eigenvalue weighted by atomic mass is 19.2. The minimum atomic E-state index is -2.23. The van der Waals surface area contributed by atoms with Crippen LogP contribution in [0.2, 0.25) is 0 Å². The third kappa shape index (κ3) is 4.10. The molecule has 10 heteroatoms.